The summed E-state index contributed by atoms with van der Waals surface area (Å²) in [5, 5.41) is 2.94. The van der Waals surface area contributed by atoms with E-state index in [1.807, 2.05) is 13.8 Å². The molecule has 140 valence electrons. The molecule has 5 heteroatoms. The van der Waals surface area contributed by atoms with Gasteiger partial charge in [-0.25, -0.2) is 0 Å². The fourth-order valence-electron chi connectivity index (χ4n) is 2.48. The van der Waals surface area contributed by atoms with Crippen molar-refractivity contribution in [3.8, 4) is 0 Å². The van der Waals surface area contributed by atoms with Gasteiger partial charge >= 0.3 is 0 Å². The van der Waals surface area contributed by atoms with E-state index >= 15 is 0 Å². The van der Waals surface area contributed by atoms with Crippen LogP contribution in [0.25, 0.3) is 0 Å². The largest absolute Gasteiger partial charge is 0.356 e. The highest BCUT2D eigenvalue weighted by atomic mass is 16.2. The van der Waals surface area contributed by atoms with E-state index in [-0.39, 0.29) is 23.5 Å². The molecule has 2 unspecified atom stereocenters. The Kier molecular flexibility index (Phi) is 11.6. The number of amides is 1. The van der Waals surface area contributed by atoms with Gasteiger partial charge in [0.05, 0.1) is 33.9 Å². The molecule has 0 aromatic rings. The molecule has 0 saturated heterocycles. The zero-order valence-electron chi connectivity index (χ0n) is 16.6. The van der Waals surface area contributed by atoms with Gasteiger partial charge < -0.3 is 9.80 Å². The molecule has 0 saturated carbocycles. The van der Waals surface area contributed by atoms with Gasteiger partial charge in [0.15, 0.2) is 5.78 Å². The third kappa shape index (κ3) is 11.3. The highest BCUT2D eigenvalue weighted by molar-refractivity contribution is 6.28. The lowest BCUT2D eigenvalue weighted by Gasteiger charge is -2.23. The highest BCUT2D eigenvalue weighted by Gasteiger charge is 2.22. The summed E-state index contributed by atoms with van der Waals surface area (Å²) in [5.74, 6) is -0.146. The molecule has 0 aliphatic rings. The van der Waals surface area contributed by atoms with Gasteiger partial charge in [-0.05, 0) is 19.3 Å². The second-order valence-electron chi connectivity index (χ2n) is 7.69. The van der Waals surface area contributed by atoms with Crippen LogP contribution in [-0.4, -0.2) is 63.2 Å². The second kappa shape index (κ2) is 12.2. The molecule has 0 aromatic carbocycles. The zero-order chi connectivity index (χ0) is 18.6. The van der Waals surface area contributed by atoms with Crippen LogP contribution >= 0.6 is 0 Å². The topological polar surface area (TPSA) is 58.5 Å². The van der Waals surface area contributed by atoms with Crippen molar-refractivity contribution in [1.29, 1.82) is 0 Å². The summed E-state index contributed by atoms with van der Waals surface area (Å²) in [6, 6.07) is 0. The van der Waals surface area contributed by atoms with Crippen LogP contribution in [0.15, 0.2) is 4.99 Å². The molecule has 1 N–H and O–H groups in total. The van der Waals surface area contributed by atoms with Crippen LogP contribution in [0.3, 0.4) is 0 Å². The highest BCUT2D eigenvalue weighted by Crippen LogP contribution is 2.16. The Morgan fingerprint density at radius 3 is 2.38 bits per heavy atom. The van der Waals surface area contributed by atoms with Crippen LogP contribution in [0.5, 0.6) is 0 Å². The van der Waals surface area contributed by atoms with Crippen LogP contribution in [0, 0.1) is 11.8 Å². The van der Waals surface area contributed by atoms with E-state index in [2.05, 4.69) is 38.4 Å². The second-order valence-corrected chi connectivity index (χ2v) is 7.69. The first-order valence-corrected chi connectivity index (χ1v) is 9.33. The molecule has 0 rings (SSSR count). The van der Waals surface area contributed by atoms with Crippen molar-refractivity contribution in [3.05, 3.63) is 0 Å². The number of carbonyl (C=O) groups is 2. The number of hydrogen-bond acceptors (Lipinski definition) is 3. The number of aliphatic imine (C=N–C) groups is 1. The summed E-state index contributed by atoms with van der Waals surface area (Å²) >= 11 is 0. The number of carbonyl (C=O) groups excluding carboxylic acids is 2. The van der Waals surface area contributed by atoms with Gasteiger partial charge in [0, 0.05) is 31.3 Å². The van der Waals surface area contributed by atoms with Crippen LogP contribution < -0.4 is 5.32 Å². The van der Waals surface area contributed by atoms with Gasteiger partial charge in [-0.2, -0.15) is 0 Å². The molecule has 0 heterocycles. The van der Waals surface area contributed by atoms with Crippen molar-refractivity contribution in [2.45, 2.75) is 52.9 Å². The molecule has 0 bridgehead atoms. The molecule has 0 aliphatic heterocycles. The van der Waals surface area contributed by atoms with Crippen molar-refractivity contribution in [2.24, 2.45) is 16.8 Å². The lowest BCUT2D eigenvalue weighted by Crippen LogP contribution is -2.35. The molecule has 0 spiro atoms. The maximum Gasteiger partial charge on any atom is 0.222 e. The molecule has 5 nitrogen and oxygen atoms in total. The molecule has 24 heavy (non-hydrogen) atoms. The Hall–Kier alpha value is -1.23. The SMILES string of the molecule is CCCCNC(=O)C(C)CC(CC)C(=O)/C=N/CCC[N+](C)(C)C. The van der Waals surface area contributed by atoms with Gasteiger partial charge in [-0.15, -0.1) is 0 Å². The minimum atomic E-state index is -0.137. The number of rotatable bonds is 13. The summed E-state index contributed by atoms with van der Waals surface area (Å²) < 4.78 is 0.908. The van der Waals surface area contributed by atoms with Crippen molar-refractivity contribution in [3.63, 3.8) is 0 Å². The minimum absolute atomic E-state index is 0.0505. The number of ketones is 1. The van der Waals surface area contributed by atoms with Crippen LogP contribution in [-0.2, 0) is 9.59 Å². The van der Waals surface area contributed by atoms with E-state index in [0.29, 0.717) is 13.0 Å². The number of unbranched alkanes of at least 4 members (excludes halogenated alkanes) is 1. The smallest absolute Gasteiger partial charge is 0.222 e. The molecule has 1 amide bonds. The van der Waals surface area contributed by atoms with E-state index in [1.54, 1.807) is 0 Å². The standard InChI is InChI=1S/C19H37N3O2/c1-7-9-12-21-19(24)16(3)14-17(8-2)18(23)15-20-11-10-13-22(4,5)6/h15-17H,7-14H2,1-6H3/p+1/b20-15+. The molecule has 0 radical (unpaired) electrons. The molecular formula is C19H38N3O2+. The molecular weight excluding hydrogens is 302 g/mol. The number of nitrogens with one attached hydrogen (secondary N) is 1. The molecule has 2 atom stereocenters. The first-order valence-electron chi connectivity index (χ1n) is 9.33. The Bertz CT molecular complexity index is 400. The maximum atomic E-state index is 12.3. The fourth-order valence-corrected chi connectivity index (χ4v) is 2.48. The van der Waals surface area contributed by atoms with Gasteiger partial charge in [0.2, 0.25) is 5.91 Å². The summed E-state index contributed by atoms with van der Waals surface area (Å²) in [5.41, 5.74) is 0. The van der Waals surface area contributed by atoms with Crippen LogP contribution in [0.1, 0.15) is 52.9 Å². The molecule has 0 aliphatic carbocycles. The van der Waals surface area contributed by atoms with Gasteiger partial charge in [0.1, 0.15) is 0 Å². The van der Waals surface area contributed by atoms with Crippen LogP contribution in [0.4, 0.5) is 0 Å². The first kappa shape index (κ1) is 22.8. The van der Waals surface area contributed by atoms with Gasteiger partial charge in [-0.3, -0.25) is 14.6 Å². The van der Waals surface area contributed by atoms with Crippen molar-refractivity contribution in [2.75, 3.05) is 40.8 Å². The Morgan fingerprint density at radius 2 is 1.83 bits per heavy atom. The zero-order valence-corrected chi connectivity index (χ0v) is 16.6. The number of hydrogen-bond donors (Lipinski definition) is 1. The fraction of sp³-hybridized carbons (Fsp3) is 0.842. The number of Topliss-reactive ketones (excluding diaryl/α,β-unsaturated/α-hetero) is 1. The normalized spacial score (nSPS) is 14.6. The Morgan fingerprint density at radius 1 is 1.17 bits per heavy atom. The first-order chi connectivity index (χ1) is 11.2. The monoisotopic (exact) mass is 340 g/mol. The summed E-state index contributed by atoms with van der Waals surface area (Å²) in [6.07, 6.45) is 5.85. The lowest BCUT2D eigenvalue weighted by atomic mass is 9.90. The predicted molar refractivity (Wildman–Crippen MR) is 101 cm³/mol. The van der Waals surface area contributed by atoms with Crippen molar-refractivity contribution < 1.29 is 14.1 Å². The summed E-state index contributed by atoms with van der Waals surface area (Å²) in [7, 11) is 6.44. The minimum Gasteiger partial charge on any atom is -0.356 e. The quantitative estimate of drug-likeness (QED) is 0.318. The average molecular weight is 341 g/mol. The number of quaternary nitrogens is 1. The number of nitrogens with zero attached hydrogens (tertiary/aromatic N) is 2. The Labute approximate surface area is 148 Å². The van der Waals surface area contributed by atoms with E-state index in [9.17, 15) is 9.59 Å². The Balaban J connectivity index is 4.26. The van der Waals surface area contributed by atoms with Crippen LogP contribution in [0.2, 0.25) is 0 Å². The lowest BCUT2D eigenvalue weighted by molar-refractivity contribution is -0.870. The maximum absolute atomic E-state index is 12.3. The molecule has 0 aromatic heterocycles. The summed E-state index contributed by atoms with van der Waals surface area (Å²) in [6.45, 7) is 8.44. The van der Waals surface area contributed by atoms with Gasteiger partial charge in [0.25, 0.3) is 0 Å². The van der Waals surface area contributed by atoms with E-state index in [0.717, 1.165) is 43.3 Å². The van der Waals surface area contributed by atoms with Crippen molar-refractivity contribution >= 4 is 17.9 Å². The predicted octanol–water partition coefficient (Wildman–Crippen LogP) is 2.69. The third-order valence-corrected chi connectivity index (χ3v) is 4.15. The summed E-state index contributed by atoms with van der Waals surface area (Å²) in [4.78, 5) is 28.6. The van der Waals surface area contributed by atoms with Gasteiger partial charge in [-0.1, -0.05) is 27.2 Å². The van der Waals surface area contributed by atoms with E-state index < -0.39 is 0 Å². The average Bonchev–Trinajstić information content (AvgIpc) is 2.50. The third-order valence-electron chi connectivity index (χ3n) is 4.15. The van der Waals surface area contributed by atoms with E-state index in [1.165, 1.54) is 6.21 Å². The van der Waals surface area contributed by atoms with Crippen molar-refractivity contribution in [1.82, 2.24) is 5.32 Å². The molecule has 0 fully saturated rings. The van der Waals surface area contributed by atoms with E-state index in [4.69, 9.17) is 0 Å².